The predicted octanol–water partition coefficient (Wildman–Crippen LogP) is 3.60. The minimum absolute atomic E-state index is 0.202. The van der Waals surface area contributed by atoms with E-state index in [9.17, 15) is 9.90 Å². The van der Waals surface area contributed by atoms with Gasteiger partial charge < -0.3 is 10.4 Å². The van der Waals surface area contributed by atoms with Crippen molar-refractivity contribution in [1.82, 2.24) is 9.38 Å². The number of imidazole rings is 1. The summed E-state index contributed by atoms with van der Waals surface area (Å²) in [6, 6.07) is 11.8. The highest BCUT2D eigenvalue weighted by Gasteiger charge is 2.15. The second kappa shape index (κ2) is 6.52. The first kappa shape index (κ1) is 15.1. The Morgan fingerprint density at radius 1 is 1.22 bits per heavy atom. The second-order valence-electron chi connectivity index (χ2n) is 5.43. The van der Waals surface area contributed by atoms with Gasteiger partial charge >= 0.3 is 5.97 Å². The Morgan fingerprint density at radius 3 is 2.74 bits per heavy atom. The van der Waals surface area contributed by atoms with E-state index < -0.39 is 5.97 Å². The van der Waals surface area contributed by atoms with Crippen LogP contribution in [0.15, 0.2) is 48.8 Å². The van der Waals surface area contributed by atoms with Gasteiger partial charge in [-0.1, -0.05) is 37.6 Å². The van der Waals surface area contributed by atoms with Crippen LogP contribution in [0, 0.1) is 0 Å². The van der Waals surface area contributed by atoms with Crippen LogP contribution in [0.4, 0.5) is 5.69 Å². The summed E-state index contributed by atoms with van der Waals surface area (Å²) in [6.45, 7) is 2.75. The van der Waals surface area contributed by atoms with Crippen molar-refractivity contribution in [2.75, 3.05) is 5.32 Å². The lowest BCUT2D eigenvalue weighted by atomic mass is 10.0. The minimum atomic E-state index is -0.974. The van der Waals surface area contributed by atoms with Crippen LogP contribution in [-0.4, -0.2) is 20.5 Å². The molecule has 0 fully saturated rings. The highest BCUT2D eigenvalue weighted by molar-refractivity contribution is 5.93. The lowest BCUT2D eigenvalue weighted by molar-refractivity contribution is 0.0690. The van der Waals surface area contributed by atoms with Gasteiger partial charge in [-0.15, -0.1) is 0 Å². The Labute approximate surface area is 134 Å². The molecular formula is C18H19N3O2. The molecule has 2 aromatic heterocycles. The zero-order valence-electron chi connectivity index (χ0n) is 13.0. The maximum atomic E-state index is 11.6. The summed E-state index contributed by atoms with van der Waals surface area (Å²) in [6.07, 6.45) is 5.36. The molecule has 3 rings (SSSR count). The van der Waals surface area contributed by atoms with E-state index in [0.29, 0.717) is 17.9 Å². The van der Waals surface area contributed by atoms with Crippen molar-refractivity contribution in [2.24, 2.45) is 0 Å². The van der Waals surface area contributed by atoms with E-state index in [4.69, 9.17) is 0 Å². The lowest BCUT2D eigenvalue weighted by Gasteiger charge is -2.13. The van der Waals surface area contributed by atoms with Crippen LogP contribution in [0.3, 0.4) is 0 Å². The van der Waals surface area contributed by atoms with Crippen LogP contribution in [0.1, 0.15) is 35.0 Å². The number of benzene rings is 1. The average molecular weight is 309 g/mol. The number of fused-ring (bicyclic) bond motifs is 1. The Bertz CT molecular complexity index is 839. The molecule has 3 aromatic rings. The van der Waals surface area contributed by atoms with E-state index >= 15 is 0 Å². The van der Waals surface area contributed by atoms with Gasteiger partial charge in [0.25, 0.3) is 0 Å². The van der Waals surface area contributed by atoms with Gasteiger partial charge in [0.05, 0.1) is 5.69 Å². The first-order valence-electron chi connectivity index (χ1n) is 7.70. The summed E-state index contributed by atoms with van der Waals surface area (Å²) in [5, 5.41) is 12.8. The van der Waals surface area contributed by atoms with Crippen LogP contribution < -0.4 is 5.32 Å². The van der Waals surface area contributed by atoms with Crippen molar-refractivity contribution in [3.63, 3.8) is 0 Å². The smallest absolute Gasteiger partial charge is 0.355 e. The molecule has 2 heterocycles. The number of carbonyl (C=O) groups is 1. The Hall–Kier alpha value is -2.82. The molecule has 0 bridgehead atoms. The SMILES string of the molecule is CCCc1ccccc1CNc1ccc2nccn2c1C(=O)O. The maximum Gasteiger partial charge on any atom is 0.355 e. The number of hydrogen-bond acceptors (Lipinski definition) is 3. The van der Waals surface area contributed by atoms with E-state index in [1.807, 2.05) is 18.2 Å². The molecule has 0 saturated carbocycles. The fourth-order valence-corrected chi connectivity index (χ4v) is 2.79. The highest BCUT2D eigenvalue weighted by atomic mass is 16.4. The fourth-order valence-electron chi connectivity index (χ4n) is 2.79. The zero-order valence-corrected chi connectivity index (χ0v) is 13.0. The molecule has 0 aliphatic carbocycles. The number of hydrogen-bond donors (Lipinski definition) is 2. The van der Waals surface area contributed by atoms with Crippen LogP contribution in [0.25, 0.3) is 5.65 Å². The van der Waals surface area contributed by atoms with Gasteiger partial charge in [-0.25, -0.2) is 9.78 Å². The van der Waals surface area contributed by atoms with Crippen molar-refractivity contribution < 1.29 is 9.90 Å². The van der Waals surface area contributed by atoms with Gasteiger partial charge in [0.15, 0.2) is 5.69 Å². The summed E-state index contributed by atoms with van der Waals surface area (Å²) in [5.41, 5.74) is 3.90. The Balaban J connectivity index is 1.90. The molecule has 0 saturated heterocycles. The number of aryl methyl sites for hydroxylation is 1. The molecule has 0 amide bonds. The van der Waals surface area contributed by atoms with Crippen molar-refractivity contribution in [3.8, 4) is 0 Å². The van der Waals surface area contributed by atoms with Gasteiger partial charge in [0.2, 0.25) is 0 Å². The average Bonchev–Trinajstić information content (AvgIpc) is 3.02. The summed E-state index contributed by atoms with van der Waals surface area (Å²) >= 11 is 0. The van der Waals surface area contributed by atoms with Gasteiger partial charge in [-0.2, -0.15) is 0 Å². The first-order chi connectivity index (χ1) is 11.2. The standard InChI is InChI=1S/C18H19N3O2/c1-2-5-13-6-3-4-7-14(13)12-20-15-8-9-16-19-10-11-21(16)17(15)18(22)23/h3-4,6-11,20H,2,5,12H2,1H3,(H,22,23). The predicted molar refractivity (Wildman–Crippen MR) is 89.9 cm³/mol. The van der Waals surface area contributed by atoms with Gasteiger partial charge in [0, 0.05) is 18.9 Å². The quantitative estimate of drug-likeness (QED) is 0.730. The van der Waals surface area contributed by atoms with E-state index in [0.717, 1.165) is 12.8 Å². The number of aromatic nitrogens is 2. The topological polar surface area (TPSA) is 66.6 Å². The van der Waals surface area contributed by atoms with Crippen molar-refractivity contribution in [2.45, 2.75) is 26.3 Å². The summed E-state index contributed by atoms with van der Waals surface area (Å²) in [4.78, 5) is 15.8. The Kier molecular flexibility index (Phi) is 4.28. The van der Waals surface area contributed by atoms with Crippen molar-refractivity contribution >= 4 is 17.3 Å². The summed E-state index contributed by atoms with van der Waals surface area (Å²) < 4.78 is 1.59. The number of rotatable bonds is 6. The van der Waals surface area contributed by atoms with Gasteiger partial charge in [0.1, 0.15) is 5.65 Å². The fraction of sp³-hybridized carbons (Fsp3) is 0.222. The minimum Gasteiger partial charge on any atom is -0.476 e. The van der Waals surface area contributed by atoms with Gasteiger partial charge in [-0.05, 0) is 29.7 Å². The van der Waals surface area contributed by atoms with Crippen molar-refractivity contribution in [1.29, 1.82) is 0 Å². The lowest BCUT2D eigenvalue weighted by Crippen LogP contribution is -2.12. The van der Waals surface area contributed by atoms with E-state index in [1.165, 1.54) is 11.1 Å². The van der Waals surface area contributed by atoms with E-state index in [2.05, 4.69) is 29.4 Å². The molecule has 0 unspecified atom stereocenters. The van der Waals surface area contributed by atoms with E-state index in [-0.39, 0.29) is 5.69 Å². The van der Waals surface area contributed by atoms with Crippen molar-refractivity contribution in [3.05, 3.63) is 65.6 Å². The molecule has 5 heteroatoms. The number of nitrogens with one attached hydrogen (secondary N) is 1. The third-order valence-electron chi connectivity index (χ3n) is 3.87. The van der Waals surface area contributed by atoms with Crippen LogP contribution in [0.2, 0.25) is 0 Å². The Morgan fingerprint density at radius 2 is 2.00 bits per heavy atom. The number of anilines is 1. The molecule has 0 aliphatic heterocycles. The van der Waals surface area contributed by atoms with Crippen LogP contribution >= 0.6 is 0 Å². The maximum absolute atomic E-state index is 11.6. The van der Waals surface area contributed by atoms with Gasteiger partial charge in [-0.3, -0.25) is 4.40 Å². The molecule has 1 aromatic carbocycles. The summed E-state index contributed by atoms with van der Waals surface area (Å²) in [7, 11) is 0. The molecule has 2 N–H and O–H groups in total. The molecule has 0 atom stereocenters. The molecule has 23 heavy (non-hydrogen) atoms. The number of carboxylic acid groups (broad SMARTS) is 1. The third-order valence-corrected chi connectivity index (χ3v) is 3.87. The number of nitrogens with zero attached hydrogens (tertiary/aromatic N) is 2. The monoisotopic (exact) mass is 309 g/mol. The number of aromatic carboxylic acids is 1. The largest absolute Gasteiger partial charge is 0.476 e. The molecule has 5 nitrogen and oxygen atoms in total. The molecule has 118 valence electrons. The first-order valence-corrected chi connectivity index (χ1v) is 7.70. The summed E-state index contributed by atoms with van der Waals surface area (Å²) in [5.74, 6) is -0.974. The third kappa shape index (κ3) is 3.04. The highest BCUT2D eigenvalue weighted by Crippen LogP contribution is 2.20. The zero-order chi connectivity index (χ0) is 16.2. The molecule has 0 radical (unpaired) electrons. The normalized spacial score (nSPS) is 10.8. The molecular weight excluding hydrogens is 290 g/mol. The molecule has 0 spiro atoms. The van der Waals surface area contributed by atoms with Crippen LogP contribution in [-0.2, 0) is 13.0 Å². The second-order valence-corrected chi connectivity index (χ2v) is 5.43. The number of pyridine rings is 1. The number of carboxylic acids is 1. The molecule has 0 aliphatic rings. The van der Waals surface area contributed by atoms with Crippen LogP contribution in [0.5, 0.6) is 0 Å². The van der Waals surface area contributed by atoms with E-state index in [1.54, 1.807) is 22.9 Å².